The first-order chi connectivity index (χ1) is 9.31. The van der Waals surface area contributed by atoms with Gasteiger partial charge in [-0.25, -0.2) is 0 Å². The minimum atomic E-state index is 0.152. The van der Waals surface area contributed by atoms with Crippen LogP contribution in [0, 0.1) is 0 Å². The normalized spacial score (nSPS) is 20.9. The topological polar surface area (TPSA) is 31.0 Å². The lowest BCUT2D eigenvalue weighted by Gasteiger charge is -2.02. The van der Waals surface area contributed by atoms with E-state index in [0.717, 1.165) is 11.5 Å². The standard InChI is InChI=1S/C16H16O3/c1-17-13-7-3-11(4-8-13)15-16(19-15)12-5-9-14(18-2)10-6-12/h3-10,15-16H,1-2H3/t15-,16-/m0/s1. The van der Waals surface area contributed by atoms with Gasteiger partial charge in [-0.15, -0.1) is 0 Å². The molecule has 0 radical (unpaired) electrons. The highest BCUT2D eigenvalue weighted by molar-refractivity contribution is 5.36. The van der Waals surface area contributed by atoms with Crippen molar-refractivity contribution in [3.05, 3.63) is 59.7 Å². The Morgan fingerprint density at radius 3 is 1.37 bits per heavy atom. The summed E-state index contributed by atoms with van der Waals surface area (Å²) in [6, 6.07) is 16.0. The molecule has 0 saturated carbocycles. The lowest BCUT2D eigenvalue weighted by molar-refractivity contribution is 0.377. The van der Waals surface area contributed by atoms with E-state index in [4.69, 9.17) is 14.2 Å². The molecule has 98 valence electrons. The van der Waals surface area contributed by atoms with E-state index < -0.39 is 0 Å². The molecule has 1 fully saturated rings. The molecule has 1 aliphatic rings. The van der Waals surface area contributed by atoms with Crippen LogP contribution in [0.25, 0.3) is 0 Å². The van der Waals surface area contributed by atoms with E-state index in [1.54, 1.807) is 14.2 Å². The summed E-state index contributed by atoms with van der Waals surface area (Å²) in [7, 11) is 3.34. The zero-order valence-corrected chi connectivity index (χ0v) is 11.0. The van der Waals surface area contributed by atoms with Crippen LogP contribution < -0.4 is 9.47 Å². The highest BCUT2D eigenvalue weighted by atomic mass is 16.6. The number of benzene rings is 2. The number of hydrogen-bond donors (Lipinski definition) is 0. The van der Waals surface area contributed by atoms with Gasteiger partial charge in [0.05, 0.1) is 14.2 Å². The highest BCUT2D eigenvalue weighted by Gasteiger charge is 2.41. The Balaban J connectivity index is 1.72. The first kappa shape index (κ1) is 12.1. The third-order valence-corrected chi connectivity index (χ3v) is 3.38. The minimum Gasteiger partial charge on any atom is -0.497 e. The Bertz CT molecular complexity index is 494. The molecule has 2 atom stereocenters. The van der Waals surface area contributed by atoms with Crippen molar-refractivity contribution in [3.63, 3.8) is 0 Å². The van der Waals surface area contributed by atoms with Crippen molar-refractivity contribution in [1.82, 2.24) is 0 Å². The Kier molecular flexibility index (Phi) is 3.13. The van der Waals surface area contributed by atoms with E-state index in [1.807, 2.05) is 48.5 Å². The van der Waals surface area contributed by atoms with Crippen molar-refractivity contribution in [2.45, 2.75) is 12.2 Å². The molecule has 0 bridgehead atoms. The maximum absolute atomic E-state index is 5.75. The van der Waals surface area contributed by atoms with E-state index in [1.165, 1.54) is 11.1 Å². The van der Waals surface area contributed by atoms with E-state index in [9.17, 15) is 0 Å². The molecule has 1 saturated heterocycles. The first-order valence-corrected chi connectivity index (χ1v) is 6.25. The van der Waals surface area contributed by atoms with Gasteiger partial charge in [0.1, 0.15) is 23.7 Å². The van der Waals surface area contributed by atoms with Gasteiger partial charge in [0.25, 0.3) is 0 Å². The number of rotatable bonds is 4. The molecule has 19 heavy (non-hydrogen) atoms. The molecular weight excluding hydrogens is 240 g/mol. The maximum atomic E-state index is 5.75. The summed E-state index contributed by atoms with van der Waals surface area (Å²) >= 11 is 0. The van der Waals surface area contributed by atoms with Gasteiger partial charge in [-0.2, -0.15) is 0 Å². The summed E-state index contributed by atoms with van der Waals surface area (Å²) in [6.45, 7) is 0. The molecule has 1 aliphatic heterocycles. The Hall–Kier alpha value is -2.00. The van der Waals surface area contributed by atoms with Crippen LogP contribution in [-0.4, -0.2) is 14.2 Å². The predicted molar refractivity (Wildman–Crippen MR) is 72.6 cm³/mol. The molecule has 3 heteroatoms. The molecule has 2 aromatic carbocycles. The minimum absolute atomic E-state index is 0.152. The first-order valence-electron chi connectivity index (χ1n) is 6.25. The third-order valence-electron chi connectivity index (χ3n) is 3.38. The summed E-state index contributed by atoms with van der Waals surface area (Å²) in [5.41, 5.74) is 2.36. The average Bonchev–Trinajstić information content (AvgIpc) is 3.28. The summed E-state index contributed by atoms with van der Waals surface area (Å²) in [5.74, 6) is 1.73. The molecule has 0 spiro atoms. The molecule has 0 amide bonds. The molecular formula is C16H16O3. The van der Waals surface area contributed by atoms with E-state index in [2.05, 4.69) is 0 Å². The highest BCUT2D eigenvalue weighted by Crippen LogP contribution is 2.51. The second-order valence-electron chi connectivity index (χ2n) is 4.52. The van der Waals surface area contributed by atoms with Crippen LogP contribution in [0.1, 0.15) is 23.3 Å². The van der Waals surface area contributed by atoms with Gasteiger partial charge >= 0.3 is 0 Å². The van der Waals surface area contributed by atoms with E-state index >= 15 is 0 Å². The van der Waals surface area contributed by atoms with Gasteiger partial charge in [0.2, 0.25) is 0 Å². The van der Waals surface area contributed by atoms with Crippen LogP contribution in [-0.2, 0) is 4.74 Å². The van der Waals surface area contributed by atoms with Gasteiger partial charge < -0.3 is 14.2 Å². The third kappa shape index (κ3) is 2.42. The predicted octanol–water partition coefficient (Wildman–Crippen LogP) is 3.52. The molecule has 0 unspecified atom stereocenters. The fourth-order valence-electron chi connectivity index (χ4n) is 2.21. The molecule has 1 heterocycles. The average molecular weight is 256 g/mol. The van der Waals surface area contributed by atoms with Crippen LogP contribution >= 0.6 is 0 Å². The van der Waals surface area contributed by atoms with Crippen molar-refractivity contribution < 1.29 is 14.2 Å². The van der Waals surface area contributed by atoms with Crippen molar-refractivity contribution in [3.8, 4) is 11.5 Å². The van der Waals surface area contributed by atoms with Crippen LogP contribution in [0.5, 0.6) is 11.5 Å². The fraction of sp³-hybridized carbons (Fsp3) is 0.250. The number of epoxide rings is 1. The Morgan fingerprint density at radius 2 is 1.05 bits per heavy atom. The molecule has 2 aromatic rings. The number of hydrogen-bond acceptors (Lipinski definition) is 3. The molecule has 0 N–H and O–H groups in total. The maximum Gasteiger partial charge on any atom is 0.118 e. The smallest absolute Gasteiger partial charge is 0.118 e. The van der Waals surface area contributed by atoms with E-state index in [-0.39, 0.29) is 12.2 Å². The van der Waals surface area contributed by atoms with Crippen LogP contribution in [0.3, 0.4) is 0 Å². The van der Waals surface area contributed by atoms with Gasteiger partial charge in [0.15, 0.2) is 0 Å². The molecule has 0 aliphatic carbocycles. The summed E-state index contributed by atoms with van der Waals surface area (Å²) in [4.78, 5) is 0. The Morgan fingerprint density at radius 1 is 0.684 bits per heavy atom. The number of ether oxygens (including phenoxy) is 3. The quantitative estimate of drug-likeness (QED) is 0.784. The van der Waals surface area contributed by atoms with Crippen molar-refractivity contribution in [2.24, 2.45) is 0 Å². The van der Waals surface area contributed by atoms with Gasteiger partial charge in [-0.3, -0.25) is 0 Å². The molecule has 3 rings (SSSR count). The second-order valence-corrected chi connectivity index (χ2v) is 4.52. The molecule has 0 aromatic heterocycles. The SMILES string of the molecule is COc1ccc([C@@H]2O[C@H]2c2ccc(OC)cc2)cc1. The van der Waals surface area contributed by atoms with E-state index in [0.29, 0.717) is 0 Å². The lowest BCUT2D eigenvalue weighted by Crippen LogP contribution is -1.87. The van der Waals surface area contributed by atoms with Gasteiger partial charge in [-0.05, 0) is 35.4 Å². The Labute approximate surface area is 112 Å². The number of methoxy groups -OCH3 is 2. The summed E-state index contributed by atoms with van der Waals surface area (Å²) in [6.07, 6.45) is 0.304. The zero-order chi connectivity index (χ0) is 13.2. The molecule has 3 nitrogen and oxygen atoms in total. The largest absolute Gasteiger partial charge is 0.497 e. The van der Waals surface area contributed by atoms with Crippen molar-refractivity contribution in [1.29, 1.82) is 0 Å². The zero-order valence-electron chi connectivity index (χ0n) is 11.0. The van der Waals surface area contributed by atoms with Crippen LogP contribution in [0.15, 0.2) is 48.5 Å². The second kappa shape index (κ2) is 4.94. The summed E-state index contributed by atoms with van der Waals surface area (Å²) in [5, 5.41) is 0. The van der Waals surface area contributed by atoms with Crippen molar-refractivity contribution in [2.75, 3.05) is 14.2 Å². The van der Waals surface area contributed by atoms with Gasteiger partial charge in [-0.1, -0.05) is 24.3 Å². The van der Waals surface area contributed by atoms with Gasteiger partial charge in [0, 0.05) is 0 Å². The van der Waals surface area contributed by atoms with Crippen LogP contribution in [0.4, 0.5) is 0 Å². The van der Waals surface area contributed by atoms with Crippen molar-refractivity contribution >= 4 is 0 Å². The monoisotopic (exact) mass is 256 g/mol. The lowest BCUT2D eigenvalue weighted by atomic mass is 10.0. The fourth-order valence-corrected chi connectivity index (χ4v) is 2.21. The summed E-state index contributed by atoms with van der Waals surface area (Å²) < 4.78 is 16.1. The van der Waals surface area contributed by atoms with Crippen LogP contribution in [0.2, 0.25) is 0 Å².